The highest BCUT2D eigenvalue weighted by Gasteiger charge is 2.42. The molecule has 0 saturated carbocycles. The van der Waals surface area contributed by atoms with Crippen LogP contribution in [0, 0.1) is 5.41 Å². The number of nitrogens with one attached hydrogen (secondary N) is 1. The average molecular weight is 621 g/mol. The van der Waals surface area contributed by atoms with Gasteiger partial charge >= 0.3 is 4.80 Å². The Hall–Kier alpha value is -5.47. The van der Waals surface area contributed by atoms with E-state index >= 15 is 0 Å². The molecule has 2 heterocycles. The summed E-state index contributed by atoms with van der Waals surface area (Å²) >= 11 is 0. The molecule has 0 fully saturated rings. The van der Waals surface area contributed by atoms with Crippen LogP contribution in [0.3, 0.4) is 0 Å². The number of hydrogen-bond acceptors (Lipinski definition) is 5. The van der Waals surface area contributed by atoms with E-state index in [0.717, 1.165) is 44.1 Å². The summed E-state index contributed by atoms with van der Waals surface area (Å²) in [6, 6.07) is 47.8. The Morgan fingerprint density at radius 3 is 1.65 bits per heavy atom. The van der Waals surface area contributed by atoms with Gasteiger partial charge in [-0.05, 0) is 50.4 Å². The van der Waals surface area contributed by atoms with Gasteiger partial charge in [-0.25, -0.2) is 10.1 Å². The molecule has 2 aromatic heterocycles. The van der Waals surface area contributed by atoms with E-state index in [2.05, 4.69) is 127 Å². The molecule has 1 atom stereocenters. The van der Waals surface area contributed by atoms with Crippen molar-refractivity contribution in [1.29, 1.82) is 5.41 Å². The molecule has 5 aromatic carbocycles. The first-order chi connectivity index (χ1) is 22.5. The number of tetrazole rings is 1. The van der Waals surface area contributed by atoms with Crippen LogP contribution in [0.1, 0.15) is 41.5 Å². The van der Waals surface area contributed by atoms with Gasteiger partial charge in [0.1, 0.15) is 11.8 Å². The van der Waals surface area contributed by atoms with Crippen LogP contribution >= 0.6 is 10.5 Å². The van der Waals surface area contributed by atoms with E-state index < -0.39 is 5.54 Å². The molecule has 0 amide bonds. The predicted octanol–water partition coefficient (Wildman–Crippen LogP) is 7.92. The van der Waals surface area contributed by atoms with E-state index in [-0.39, 0.29) is 10.5 Å². The van der Waals surface area contributed by atoms with Crippen molar-refractivity contribution in [1.82, 2.24) is 30.0 Å². The zero-order valence-corrected chi connectivity index (χ0v) is 26.8. The van der Waals surface area contributed by atoms with Crippen molar-refractivity contribution in [2.24, 2.45) is 6.26 Å². The molecule has 1 N–H and O–H groups in total. The second-order valence-corrected chi connectivity index (χ2v) is 13.4. The van der Waals surface area contributed by atoms with Gasteiger partial charge in [0.15, 0.2) is 5.82 Å². The van der Waals surface area contributed by atoms with E-state index in [1.165, 1.54) is 0 Å². The van der Waals surface area contributed by atoms with Gasteiger partial charge in [0, 0.05) is 22.0 Å². The van der Waals surface area contributed by atoms with Crippen LogP contribution in [0.2, 0.25) is 0 Å². The SMILES string of the molecule is CC(C)c1nn(-c2ccc(-c3ccccc3-c3nnnn3C(c3ccccc3)(c3ccccc3)c3ccccc3)cc2)c(=N)[s+]1C. The molecule has 7 rings (SSSR count). The van der Waals surface area contributed by atoms with Gasteiger partial charge in [-0.1, -0.05) is 141 Å². The molecule has 1 unspecified atom stereocenters. The smallest absolute Gasteiger partial charge is 0.234 e. The molecule has 0 spiro atoms. The third kappa shape index (κ3) is 4.87. The van der Waals surface area contributed by atoms with E-state index in [0.29, 0.717) is 16.5 Å². The first-order valence-corrected chi connectivity index (χ1v) is 16.9. The molecule has 7 nitrogen and oxygen atoms in total. The fourth-order valence-electron chi connectivity index (χ4n) is 6.28. The summed E-state index contributed by atoms with van der Waals surface area (Å²) < 4.78 is 3.73. The Balaban J connectivity index is 1.41. The Morgan fingerprint density at radius 1 is 0.652 bits per heavy atom. The lowest BCUT2D eigenvalue weighted by Crippen LogP contribution is -2.39. The van der Waals surface area contributed by atoms with Gasteiger partial charge in [-0.15, -0.1) is 10.2 Å². The minimum Gasteiger partial charge on any atom is -0.234 e. The number of hydrogen-bond donors (Lipinski definition) is 1. The van der Waals surface area contributed by atoms with Crippen LogP contribution in [0.25, 0.3) is 28.2 Å². The second-order valence-electron chi connectivity index (χ2n) is 11.5. The number of aromatic nitrogens is 6. The summed E-state index contributed by atoms with van der Waals surface area (Å²) in [4.78, 5) is 0.523. The molecule has 0 radical (unpaired) electrons. The van der Waals surface area contributed by atoms with E-state index in [1.54, 1.807) is 4.68 Å². The molecule has 0 aliphatic rings. The summed E-state index contributed by atoms with van der Waals surface area (Å²) in [5.41, 5.74) is 6.11. The van der Waals surface area contributed by atoms with Gasteiger partial charge in [0.05, 0.1) is 5.69 Å². The van der Waals surface area contributed by atoms with Crippen molar-refractivity contribution < 1.29 is 0 Å². The zero-order chi connectivity index (χ0) is 31.7. The van der Waals surface area contributed by atoms with Crippen LogP contribution in [0.4, 0.5) is 0 Å². The Kier molecular flexibility index (Phi) is 7.72. The normalized spacial score (nSPS) is 12.0. The average Bonchev–Trinajstić information content (AvgIpc) is 3.71. The molecule has 7 aromatic rings. The first-order valence-electron chi connectivity index (χ1n) is 15.3. The molecule has 0 aliphatic carbocycles. The lowest BCUT2D eigenvalue weighted by molar-refractivity contribution is 0.451. The zero-order valence-electron chi connectivity index (χ0n) is 25.9. The van der Waals surface area contributed by atoms with Gasteiger partial charge in [0.2, 0.25) is 0 Å². The maximum absolute atomic E-state index is 8.71. The van der Waals surface area contributed by atoms with Gasteiger partial charge in [-0.2, -0.15) is 4.68 Å². The Bertz CT molecular complexity index is 2050. The minimum atomic E-state index is -0.848. The van der Waals surface area contributed by atoms with Gasteiger partial charge < -0.3 is 0 Å². The minimum absolute atomic E-state index is 0.297. The number of nitrogens with zero attached hydrogens (tertiary/aromatic N) is 6. The van der Waals surface area contributed by atoms with Crippen molar-refractivity contribution in [3.05, 3.63) is 166 Å². The van der Waals surface area contributed by atoms with Crippen molar-refractivity contribution in [3.63, 3.8) is 0 Å². The highest BCUT2D eigenvalue weighted by molar-refractivity contribution is 7.27. The van der Waals surface area contributed by atoms with E-state index in [1.807, 2.05) is 47.1 Å². The highest BCUT2D eigenvalue weighted by Crippen LogP contribution is 2.43. The Labute approximate surface area is 270 Å². The third-order valence-corrected chi connectivity index (χ3v) is 10.4. The fourth-order valence-corrected chi connectivity index (χ4v) is 7.79. The van der Waals surface area contributed by atoms with Crippen LogP contribution in [0.15, 0.2) is 140 Å². The topological polar surface area (TPSA) is 85.3 Å². The molecule has 0 bridgehead atoms. The number of rotatable bonds is 8. The van der Waals surface area contributed by atoms with Crippen LogP contribution in [0.5, 0.6) is 0 Å². The molecule has 0 aliphatic heterocycles. The van der Waals surface area contributed by atoms with Crippen LogP contribution < -0.4 is 4.80 Å². The standard InChI is InChI=1S/C38H34N7S/c1-27(2)36-41-44(37(39)46(36)3)32-25-23-28(24-26-32)33-21-13-14-22-34(33)35-40-42-43-45(35)38(29-15-7-4-8-16-29,30-17-9-5-10-18-30)31-19-11-6-12-20-31/h4-27,39H,1-3H3/q+1. The van der Waals surface area contributed by atoms with Crippen LogP contribution in [-0.2, 0) is 11.8 Å². The molecule has 46 heavy (non-hydrogen) atoms. The maximum Gasteiger partial charge on any atom is 0.361 e. The quantitative estimate of drug-likeness (QED) is 0.138. The maximum atomic E-state index is 8.71. The summed E-state index contributed by atoms with van der Waals surface area (Å²) in [6.45, 7) is 4.27. The molecular formula is C38H34N7S+. The summed E-state index contributed by atoms with van der Waals surface area (Å²) in [5.74, 6) is 0.948. The van der Waals surface area contributed by atoms with E-state index in [9.17, 15) is 0 Å². The summed E-state index contributed by atoms with van der Waals surface area (Å²) in [7, 11) is -0.306. The van der Waals surface area contributed by atoms with Crippen molar-refractivity contribution in [2.75, 3.05) is 0 Å². The second kappa shape index (κ2) is 12.1. The van der Waals surface area contributed by atoms with Crippen molar-refractivity contribution in [3.8, 4) is 28.2 Å². The lowest BCUT2D eigenvalue weighted by atomic mass is 9.77. The first kappa shape index (κ1) is 29.3. The fraction of sp³-hybridized carbons (Fsp3) is 0.132. The lowest BCUT2D eigenvalue weighted by Gasteiger charge is -2.36. The highest BCUT2D eigenvalue weighted by atomic mass is 32.2. The molecule has 0 saturated heterocycles. The third-order valence-electron chi connectivity index (χ3n) is 8.44. The van der Waals surface area contributed by atoms with E-state index in [4.69, 9.17) is 15.7 Å². The largest absolute Gasteiger partial charge is 0.361 e. The van der Waals surface area contributed by atoms with Gasteiger partial charge in [-0.3, -0.25) is 0 Å². The van der Waals surface area contributed by atoms with Crippen molar-refractivity contribution in [2.45, 2.75) is 25.3 Å². The predicted molar refractivity (Wildman–Crippen MR) is 184 cm³/mol. The number of benzene rings is 5. The van der Waals surface area contributed by atoms with Gasteiger partial charge in [0.25, 0.3) is 5.01 Å². The monoisotopic (exact) mass is 620 g/mol. The molecular weight excluding hydrogens is 587 g/mol. The summed E-state index contributed by atoms with van der Waals surface area (Å²) in [6.07, 6.45) is 2.08. The Morgan fingerprint density at radius 2 is 1.15 bits per heavy atom. The van der Waals surface area contributed by atoms with Crippen LogP contribution in [-0.4, -0.2) is 30.0 Å². The summed E-state index contributed by atoms with van der Waals surface area (Å²) in [5, 5.41) is 28.3. The molecule has 8 heteroatoms. The molecule has 226 valence electrons. The van der Waals surface area contributed by atoms with Crippen molar-refractivity contribution >= 4 is 10.5 Å².